The second-order valence-electron chi connectivity index (χ2n) is 3.81. The maximum atomic E-state index is 11.0. The van der Waals surface area contributed by atoms with E-state index in [0.29, 0.717) is 12.5 Å². The van der Waals surface area contributed by atoms with Crippen molar-refractivity contribution in [3.8, 4) is 0 Å². The second-order valence-corrected chi connectivity index (χ2v) is 5.06. The van der Waals surface area contributed by atoms with Gasteiger partial charge in [-0.05, 0) is 18.6 Å². The zero-order valence-electron chi connectivity index (χ0n) is 8.88. The molecule has 0 radical (unpaired) electrons. The van der Waals surface area contributed by atoms with Gasteiger partial charge in [0, 0.05) is 35.3 Å². The Kier molecular flexibility index (Phi) is 3.38. The maximum absolute atomic E-state index is 11.0. The number of thiophene rings is 1. The van der Waals surface area contributed by atoms with E-state index in [4.69, 9.17) is 0 Å². The van der Waals surface area contributed by atoms with Crippen molar-refractivity contribution in [2.45, 2.75) is 32.4 Å². The van der Waals surface area contributed by atoms with Gasteiger partial charge in [0.15, 0.2) is 0 Å². The van der Waals surface area contributed by atoms with Gasteiger partial charge in [-0.1, -0.05) is 6.92 Å². The van der Waals surface area contributed by atoms with Gasteiger partial charge < -0.3 is 10.6 Å². The molecule has 0 aliphatic carbocycles. The van der Waals surface area contributed by atoms with Crippen LogP contribution in [0.15, 0.2) is 12.1 Å². The van der Waals surface area contributed by atoms with E-state index in [1.807, 2.05) is 11.3 Å². The minimum atomic E-state index is 0.160. The monoisotopic (exact) mass is 224 g/mol. The number of hydrogen-bond donors (Lipinski definition) is 2. The third kappa shape index (κ3) is 2.79. The lowest BCUT2D eigenvalue weighted by molar-refractivity contribution is -0.119. The van der Waals surface area contributed by atoms with Crippen LogP contribution in [0, 0.1) is 0 Å². The Morgan fingerprint density at radius 2 is 2.33 bits per heavy atom. The van der Waals surface area contributed by atoms with Crippen LogP contribution < -0.4 is 10.6 Å². The van der Waals surface area contributed by atoms with Crippen LogP contribution in [-0.2, 0) is 17.8 Å². The van der Waals surface area contributed by atoms with Crippen LogP contribution in [0.3, 0.4) is 0 Å². The molecule has 1 saturated heterocycles. The number of carbonyl (C=O) groups is 1. The largest absolute Gasteiger partial charge is 0.354 e. The molecule has 1 aromatic rings. The number of rotatable bonds is 4. The highest BCUT2D eigenvalue weighted by atomic mass is 32.1. The highest BCUT2D eigenvalue weighted by Gasteiger charge is 2.20. The van der Waals surface area contributed by atoms with E-state index in [1.54, 1.807) is 0 Å². The summed E-state index contributed by atoms with van der Waals surface area (Å²) in [4.78, 5) is 13.7. The quantitative estimate of drug-likeness (QED) is 0.809. The first-order valence-electron chi connectivity index (χ1n) is 5.35. The van der Waals surface area contributed by atoms with Crippen molar-refractivity contribution in [2.24, 2.45) is 0 Å². The first-order chi connectivity index (χ1) is 7.28. The summed E-state index contributed by atoms with van der Waals surface area (Å²) >= 11 is 1.85. The molecule has 0 spiro atoms. The van der Waals surface area contributed by atoms with Crippen molar-refractivity contribution in [1.82, 2.24) is 10.6 Å². The van der Waals surface area contributed by atoms with Crippen molar-refractivity contribution >= 4 is 17.2 Å². The molecule has 1 aromatic heterocycles. The van der Waals surface area contributed by atoms with Crippen LogP contribution in [0.2, 0.25) is 0 Å². The van der Waals surface area contributed by atoms with Crippen molar-refractivity contribution in [2.75, 3.05) is 6.54 Å². The predicted octanol–water partition coefficient (Wildman–Crippen LogP) is 1.29. The molecule has 1 aliphatic rings. The average molecular weight is 224 g/mol. The highest BCUT2D eigenvalue weighted by molar-refractivity contribution is 7.11. The minimum absolute atomic E-state index is 0.160. The first-order valence-corrected chi connectivity index (χ1v) is 6.17. The summed E-state index contributed by atoms with van der Waals surface area (Å²) in [5, 5.41) is 6.22. The summed E-state index contributed by atoms with van der Waals surface area (Å²) in [6.07, 6.45) is 1.72. The standard InChI is InChI=1S/C11H16N2OS/c1-2-9-3-4-10(15-9)7-12-8-5-11(14)13-6-8/h3-4,8,12H,2,5-7H2,1H3,(H,13,14). The molecule has 2 N–H and O–H groups in total. The molecule has 2 heterocycles. The summed E-state index contributed by atoms with van der Waals surface area (Å²) in [7, 11) is 0. The zero-order chi connectivity index (χ0) is 10.7. The van der Waals surface area contributed by atoms with Gasteiger partial charge in [0.1, 0.15) is 0 Å². The number of carbonyl (C=O) groups excluding carboxylic acids is 1. The Balaban J connectivity index is 1.80. The van der Waals surface area contributed by atoms with E-state index < -0.39 is 0 Å². The van der Waals surface area contributed by atoms with Gasteiger partial charge in [-0.25, -0.2) is 0 Å². The third-order valence-corrected chi connectivity index (χ3v) is 3.84. The summed E-state index contributed by atoms with van der Waals surface area (Å²) in [5.74, 6) is 0.160. The predicted molar refractivity (Wildman–Crippen MR) is 62.0 cm³/mol. The molecule has 1 aliphatic heterocycles. The molecule has 82 valence electrons. The van der Waals surface area contributed by atoms with Gasteiger partial charge in [0.2, 0.25) is 5.91 Å². The summed E-state index contributed by atoms with van der Waals surface area (Å²) in [6, 6.07) is 4.66. The van der Waals surface area contributed by atoms with Gasteiger partial charge in [-0.15, -0.1) is 11.3 Å². The van der Waals surface area contributed by atoms with Gasteiger partial charge in [-0.2, -0.15) is 0 Å². The number of amides is 1. The highest BCUT2D eigenvalue weighted by Crippen LogP contribution is 2.16. The normalized spacial score (nSPS) is 20.6. The van der Waals surface area contributed by atoms with Gasteiger partial charge in [-0.3, -0.25) is 4.79 Å². The average Bonchev–Trinajstić information content (AvgIpc) is 2.83. The fourth-order valence-corrected chi connectivity index (χ4v) is 2.61. The van der Waals surface area contributed by atoms with Crippen LogP contribution in [0.25, 0.3) is 0 Å². The number of aryl methyl sites for hydroxylation is 1. The van der Waals surface area contributed by atoms with E-state index in [2.05, 4.69) is 29.7 Å². The Hall–Kier alpha value is -0.870. The zero-order valence-corrected chi connectivity index (χ0v) is 9.69. The third-order valence-electron chi connectivity index (χ3n) is 2.61. The smallest absolute Gasteiger partial charge is 0.221 e. The molecule has 0 bridgehead atoms. The van der Waals surface area contributed by atoms with E-state index in [-0.39, 0.29) is 5.91 Å². The SMILES string of the molecule is CCc1ccc(CNC2CNC(=O)C2)s1. The van der Waals surface area contributed by atoms with E-state index in [1.165, 1.54) is 9.75 Å². The van der Waals surface area contributed by atoms with E-state index in [9.17, 15) is 4.79 Å². The Bertz CT molecular complexity index is 348. The second kappa shape index (κ2) is 4.77. The summed E-state index contributed by atoms with van der Waals surface area (Å²) in [6.45, 7) is 3.82. The summed E-state index contributed by atoms with van der Waals surface area (Å²) in [5.41, 5.74) is 0. The van der Waals surface area contributed by atoms with Crippen LogP contribution in [0.5, 0.6) is 0 Å². The molecule has 2 rings (SSSR count). The summed E-state index contributed by atoms with van der Waals surface area (Å²) < 4.78 is 0. The molecule has 3 nitrogen and oxygen atoms in total. The molecular formula is C11H16N2OS. The molecule has 15 heavy (non-hydrogen) atoms. The molecule has 1 amide bonds. The van der Waals surface area contributed by atoms with Crippen molar-refractivity contribution < 1.29 is 4.79 Å². The lowest BCUT2D eigenvalue weighted by Crippen LogP contribution is -2.30. The van der Waals surface area contributed by atoms with Crippen LogP contribution in [0.4, 0.5) is 0 Å². The Morgan fingerprint density at radius 3 is 2.93 bits per heavy atom. The van der Waals surface area contributed by atoms with Crippen LogP contribution in [0.1, 0.15) is 23.1 Å². The molecule has 1 unspecified atom stereocenters. The van der Waals surface area contributed by atoms with Crippen LogP contribution in [-0.4, -0.2) is 18.5 Å². The molecule has 0 aromatic carbocycles. The van der Waals surface area contributed by atoms with Gasteiger partial charge in [0.25, 0.3) is 0 Å². The first kappa shape index (κ1) is 10.6. The Morgan fingerprint density at radius 1 is 1.53 bits per heavy atom. The molecule has 1 fully saturated rings. The lowest BCUT2D eigenvalue weighted by atomic mass is 10.2. The van der Waals surface area contributed by atoms with E-state index >= 15 is 0 Å². The van der Waals surface area contributed by atoms with Crippen LogP contribution >= 0.6 is 11.3 Å². The number of hydrogen-bond acceptors (Lipinski definition) is 3. The topological polar surface area (TPSA) is 41.1 Å². The molecule has 4 heteroatoms. The fraction of sp³-hybridized carbons (Fsp3) is 0.545. The Labute approximate surface area is 93.9 Å². The van der Waals surface area contributed by atoms with E-state index in [0.717, 1.165) is 19.5 Å². The minimum Gasteiger partial charge on any atom is -0.354 e. The fourth-order valence-electron chi connectivity index (χ4n) is 1.70. The lowest BCUT2D eigenvalue weighted by Gasteiger charge is -2.08. The molecular weight excluding hydrogens is 208 g/mol. The number of nitrogens with one attached hydrogen (secondary N) is 2. The van der Waals surface area contributed by atoms with Crippen molar-refractivity contribution in [1.29, 1.82) is 0 Å². The van der Waals surface area contributed by atoms with Gasteiger partial charge in [0.05, 0.1) is 0 Å². The maximum Gasteiger partial charge on any atom is 0.221 e. The van der Waals surface area contributed by atoms with Gasteiger partial charge >= 0.3 is 0 Å². The van der Waals surface area contributed by atoms with Crippen molar-refractivity contribution in [3.05, 3.63) is 21.9 Å². The molecule has 1 atom stereocenters. The molecule has 0 saturated carbocycles. The van der Waals surface area contributed by atoms with Crippen molar-refractivity contribution in [3.63, 3.8) is 0 Å².